The molecule has 0 fully saturated rings. The molecule has 0 radical (unpaired) electrons. The van der Waals surface area contributed by atoms with E-state index in [9.17, 15) is 4.39 Å². The van der Waals surface area contributed by atoms with E-state index in [0.717, 1.165) is 5.69 Å². The van der Waals surface area contributed by atoms with Gasteiger partial charge in [-0.2, -0.15) is 0 Å². The van der Waals surface area contributed by atoms with Crippen LogP contribution in [0.15, 0.2) is 75.1 Å². The van der Waals surface area contributed by atoms with Gasteiger partial charge in [0, 0.05) is 0 Å². The molecule has 0 aliphatic rings. The van der Waals surface area contributed by atoms with Crippen molar-refractivity contribution in [2.45, 2.75) is 6.92 Å². The molecular weight excluding hydrogens is 291 g/mol. The van der Waals surface area contributed by atoms with Crippen molar-refractivity contribution in [1.29, 1.82) is 0 Å². The molecule has 0 bridgehead atoms. The quantitative estimate of drug-likeness (QED) is 0.608. The highest BCUT2D eigenvalue weighted by Gasteiger charge is 1.98. The highest BCUT2D eigenvalue weighted by molar-refractivity contribution is 5.83. The van der Waals surface area contributed by atoms with E-state index < -0.39 is 0 Å². The molecule has 0 atom stereocenters. The normalized spacial score (nSPS) is 11.6. The molecule has 3 nitrogen and oxygen atoms in total. The molecule has 0 unspecified atom stereocenters. The van der Waals surface area contributed by atoms with Gasteiger partial charge in [-0.25, -0.2) is 4.39 Å². The Morgan fingerprint density at radius 2 is 1.22 bits per heavy atom. The Labute approximate surface area is 133 Å². The van der Waals surface area contributed by atoms with Gasteiger partial charge in [0.15, 0.2) is 0 Å². The first kappa shape index (κ1) is 14.9. The van der Waals surface area contributed by atoms with E-state index in [4.69, 9.17) is 4.42 Å². The third-order valence-electron chi connectivity index (χ3n) is 3.19. The van der Waals surface area contributed by atoms with Crippen LogP contribution < -0.4 is 0 Å². The highest BCUT2D eigenvalue weighted by Crippen LogP contribution is 2.14. The Balaban J connectivity index is 1.68. The van der Waals surface area contributed by atoms with Crippen LogP contribution in [0.3, 0.4) is 0 Å². The summed E-state index contributed by atoms with van der Waals surface area (Å²) in [5.41, 5.74) is 2.73. The molecule has 4 heteroatoms. The molecule has 0 saturated carbocycles. The van der Waals surface area contributed by atoms with Gasteiger partial charge in [0.2, 0.25) is 0 Å². The Morgan fingerprint density at radius 3 is 1.74 bits per heavy atom. The summed E-state index contributed by atoms with van der Waals surface area (Å²) in [7, 11) is 0. The minimum atomic E-state index is -0.281. The lowest BCUT2D eigenvalue weighted by molar-refractivity contribution is 0.553. The fraction of sp³-hybridized carbons (Fsp3) is 0.0526. The van der Waals surface area contributed by atoms with Gasteiger partial charge in [-0.15, -0.1) is 0 Å². The minimum absolute atomic E-state index is 0.281. The van der Waals surface area contributed by atoms with Crippen LogP contribution in [0.25, 0.3) is 0 Å². The van der Waals surface area contributed by atoms with Crippen molar-refractivity contribution in [3.05, 3.63) is 83.6 Å². The van der Waals surface area contributed by atoms with Crippen LogP contribution in [-0.2, 0) is 0 Å². The van der Waals surface area contributed by atoms with Crippen LogP contribution in [0.4, 0.5) is 15.8 Å². The summed E-state index contributed by atoms with van der Waals surface area (Å²) in [5, 5.41) is 0. The Bertz CT molecular complexity index is 761. The van der Waals surface area contributed by atoms with Crippen molar-refractivity contribution in [2.75, 3.05) is 0 Å². The van der Waals surface area contributed by atoms with Crippen molar-refractivity contribution in [3.63, 3.8) is 0 Å². The fourth-order valence-corrected chi connectivity index (χ4v) is 1.94. The molecule has 0 aliphatic heterocycles. The van der Waals surface area contributed by atoms with Crippen LogP contribution >= 0.6 is 0 Å². The first-order valence-corrected chi connectivity index (χ1v) is 7.19. The molecule has 0 amide bonds. The predicted molar refractivity (Wildman–Crippen MR) is 90.8 cm³/mol. The van der Waals surface area contributed by atoms with Gasteiger partial charge in [-0.1, -0.05) is 17.7 Å². The molecule has 114 valence electrons. The lowest BCUT2D eigenvalue weighted by Crippen LogP contribution is -1.77. The van der Waals surface area contributed by atoms with Crippen LogP contribution in [-0.4, -0.2) is 12.4 Å². The molecule has 1 heterocycles. The number of benzene rings is 2. The van der Waals surface area contributed by atoms with Gasteiger partial charge < -0.3 is 4.42 Å². The summed E-state index contributed by atoms with van der Waals surface area (Å²) in [4.78, 5) is 8.58. The number of rotatable bonds is 4. The Morgan fingerprint density at radius 1 is 0.739 bits per heavy atom. The van der Waals surface area contributed by atoms with Crippen molar-refractivity contribution >= 4 is 23.8 Å². The van der Waals surface area contributed by atoms with Crippen molar-refractivity contribution in [1.82, 2.24) is 0 Å². The zero-order valence-corrected chi connectivity index (χ0v) is 12.6. The van der Waals surface area contributed by atoms with Gasteiger partial charge in [-0.05, 0) is 55.5 Å². The molecule has 0 saturated heterocycles. The van der Waals surface area contributed by atoms with Gasteiger partial charge in [-0.3, -0.25) is 9.98 Å². The molecule has 1 aromatic heterocycles. The lowest BCUT2D eigenvalue weighted by Gasteiger charge is -1.93. The fourth-order valence-electron chi connectivity index (χ4n) is 1.94. The smallest absolute Gasteiger partial charge is 0.145 e. The molecule has 0 N–H and O–H groups in total. The van der Waals surface area contributed by atoms with Crippen molar-refractivity contribution < 1.29 is 8.81 Å². The van der Waals surface area contributed by atoms with Crippen LogP contribution in [0.1, 0.15) is 17.1 Å². The zero-order valence-electron chi connectivity index (χ0n) is 12.6. The molecule has 23 heavy (non-hydrogen) atoms. The first-order valence-electron chi connectivity index (χ1n) is 7.19. The Hall–Kier alpha value is -3.01. The summed E-state index contributed by atoms with van der Waals surface area (Å²) >= 11 is 0. The summed E-state index contributed by atoms with van der Waals surface area (Å²) < 4.78 is 18.4. The molecule has 0 spiro atoms. The second kappa shape index (κ2) is 6.83. The summed E-state index contributed by atoms with van der Waals surface area (Å²) in [5.74, 6) is 0.974. The average molecular weight is 306 g/mol. The van der Waals surface area contributed by atoms with Crippen LogP contribution in [0.5, 0.6) is 0 Å². The number of hydrogen-bond acceptors (Lipinski definition) is 3. The summed E-state index contributed by atoms with van der Waals surface area (Å²) in [6, 6.07) is 17.5. The Kier molecular flexibility index (Phi) is 4.43. The maximum atomic E-state index is 12.8. The lowest BCUT2D eigenvalue weighted by atomic mass is 10.2. The van der Waals surface area contributed by atoms with E-state index >= 15 is 0 Å². The van der Waals surface area contributed by atoms with Gasteiger partial charge >= 0.3 is 0 Å². The van der Waals surface area contributed by atoms with E-state index in [1.54, 1.807) is 24.6 Å². The van der Waals surface area contributed by atoms with E-state index in [1.165, 1.54) is 17.7 Å². The van der Waals surface area contributed by atoms with E-state index in [1.807, 2.05) is 43.3 Å². The average Bonchev–Trinajstić information content (AvgIpc) is 3.02. The predicted octanol–water partition coefficient (Wildman–Crippen LogP) is 5.23. The van der Waals surface area contributed by atoms with Gasteiger partial charge in [0.1, 0.15) is 17.3 Å². The summed E-state index contributed by atoms with van der Waals surface area (Å²) in [6.07, 6.45) is 3.26. The standard InChI is InChI=1S/C19H15FN2O/c1-14-2-6-16(7-3-14)21-12-18-10-11-19(23-18)13-22-17-8-4-15(20)5-9-17/h2-13H,1H3. The maximum absolute atomic E-state index is 12.8. The second-order valence-corrected chi connectivity index (χ2v) is 5.07. The molecule has 3 aromatic rings. The molecular formula is C19H15FN2O. The third kappa shape index (κ3) is 4.23. The number of halogens is 1. The second-order valence-electron chi connectivity index (χ2n) is 5.07. The first-order chi connectivity index (χ1) is 11.2. The number of aliphatic imine (C=N–C) groups is 2. The maximum Gasteiger partial charge on any atom is 0.145 e. The number of nitrogens with zero attached hydrogens (tertiary/aromatic N) is 2. The topological polar surface area (TPSA) is 37.9 Å². The van der Waals surface area contributed by atoms with Gasteiger partial charge in [0.05, 0.1) is 23.8 Å². The van der Waals surface area contributed by atoms with Gasteiger partial charge in [0.25, 0.3) is 0 Å². The van der Waals surface area contributed by atoms with E-state index in [2.05, 4.69) is 9.98 Å². The largest absolute Gasteiger partial charge is 0.454 e. The minimum Gasteiger partial charge on any atom is -0.454 e. The third-order valence-corrected chi connectivity index (χ3v) is 3.19. The van der Waals surface area contributed by atoms with Crippen LogP contribution in [0.2, 0.25) is 0 Å². The number of aryl methyl sites for hydroxylation is 1. The van der Waals surface area contributed by atoms with E-state index in [-0.39, 0.29) is 5.82 Å². The molecule has 3 rings (SSSR count). The van der Waals surface area contributed by atoms with E-state index in [0.29, 0.717) is 17.2 Å². The summed E-state index contributed by atoms with van der Waals surface area (Å²) in [6.45, 7) is 2.03. The number of hydrogen-bond donors (Lipinski definition) is 0. The molecule has 0 aliphatic carbocycles. The van der Waals surface area contributed by atoms with Crippen molar-refractivity contribution in [2.24, 2.45) is 9.98 Å². The van der Waals surface area contributed by atoms with Crippen molar-refractivity contribution in [3.8, 4) is 0 Å². The number of furan rings is 1. The van der Waals surface area contributed by atoms with Crippen LogP contribution in [0, 0.1) is 12.7 Å². The SMILES string of the molecule is Cc1ccc(N=Cc2ccc(C=Nc3ccc(F)cc3)o2)cc1. The zero-order chi connectivity index (χ0) is 16.1. The molecule has 2 aromatic carbocycles. The monoisotopic (exact) mass is 306 g/mol. The highest BCUT2D eigenvalue weighted by atomic mass is 19.1.